The lowest BCUT2D eigenvalue weighted by Crippen LogP contribution is -2.44. The fraction of sp³-hybridized carbons (Fsp3) is 0.533. The zero-order chi connectivity index (χ0) is 15.5. The third kappa shape index (κ3) is 3.09. The molecule has 2 aliphatic rings. The number of rotatable bonds is 4. The molecule has 120 valence electrons. The van der Waals surface area contributed by atoms with E-state index < -0.39 is 12.2 Å². The third-order valence-corrected chi connectivity index (χ3v) is 3.96. The number of aliphatic hydroxyl groups excluding tert-OH is 1. The van der Waals surface area contributed by atoms with Gasteiger partial charge in [0.2, 0.25) is 6.79 Å². The van der Waals surface area contributed by atoms with Gasteiger partial charge < -0.3 is 24.8 Å². The highest BCUT2D eigenvalue weighted by atomic mass is 19.1. The maximum absolute atomic E-state index is 13.3. The SMILES string of the molecule is O=C(NCCc1ccc2c(c1)OCO2)N1CC(F)CC1CO. The lowest BCUT2D eigenvalue weighted by molar-refractivity contribution is 0.157. The van der Waals surface area contributed by atoms with Crippen molar-refractivity contribution in [1.29, 1.82) is 0 Å². The minimum atomic E-state index is -1.06. The van der Waals surface area contributed by atoms with Crippen molar-refractivity contribution in [2.45, 2.75) is 25.1 Å². The molecular formula is C15H19FN2O4. The first-order chi connectivity index (χ1) is 10.7. The Kier molecular flexibility index (Phi) is 4.33. The number of carbonyl (C=O) groups excluding carboxylic acids is 1. The highest BCUT2D eigenvalue weighted by molar-refractivity contribution is 5.75. The van der Waals surface area contributed by atoms with Crippen LogP contribution in [0.4, 0.5) is 9.18 Å². The van der Waals surface area contributed by atoms with Crippen molar-refractivity contribution < 1.29 is 23.8 Å². The number of hydrogen-bond donors (Lipinski definition) is 2. The van der Waals surface area contributed by atoms with Crippen LogP contribution < -0.4 is 14.8 Å². The van der Waals surface area contributed by atoms with Gasteiger partial charge in [-0.3, -0.25) is 0 Å². The molecule has 22 heavy (non-hydrogen) atoms. The molecule has 0 aliphatic carbocycles. The maximum atomic E-state index is 13.3. The molecule has 6 nitrogen and oxygen atoms in total. The summed E-state index contributed by atoms with van der Waals surface area (Å²) in [5.74, 6) is 1.44. The number of benzene rings is 1. The summed E-state index contributed by atoms with van der Waals surface area (Å²) in [7, 11) is 0. The normalized spacial score (nSPS) is 22.9. The fourth-order valence-corrected chi connectivity index (χ4v) is 2.79. The van der Waals surface area contributed by atoms with Gasteiger partial charge in [0.25, 0.3) is 0 Å². The van der Waals surface area contributed by atoms with Gasteiger partial charge in [-0.1, -0.05) is 6.07 Å². The van der Waals surface area contributed by atoms with Crippen LogP contribution in [0.1, 0.15) is 12.0 Å². The minimum Gasteiger partial charge on any atom is -0.454 e. The summed E-state index contributed by atoms with van der Waals surface area (Å²) < 4.78 is 23.9. The average molecular weight is 310 g/mol. The van der Waals surface area contributed by atoms with Gasteiger partial charge in [0.15, 0.2) is 11.5 Å². The quantitative estimate of drug-likeness (QED) is 0.873. The number of amides is 2. The summed E-state index contributed by atoms with van der Waals surface area (Å²) in [4.78, 5) is 13.4. The second-order valence-corrected chi connectivity index (χ2v) is 5.49. The molecule has 2 unspecified atom stereocenters. The number of halogens is 1. The standard InChI is InChI=1S/C15H19FN2O4/c16-11-6-12(8-19)18(7-11)15(20)17-4-3-10-1-2-13-14(5-10)22-9-21-13/h1-2,5,11-12,19H,3-4,6-9H2,(H,17,20). The smallest absolute Gasteiger partial charge is 0.317 e. The average Bonchev–Trinajstić information content (AvgIpc) is 3.12. The van der Waals surface area contributed by atoms with Gasteiger partial charge in [0.05, 0.1) is 19.2 Å². The van der Waals surface area contributed by atoms with Crippen LogP contribution in [0.25, 0.3) is 0 Å². The van der Waals surface area contributed by atoms with Gasteiger partial charge in [-0.15, -0.1) is 0 Å². The van der Waals surface area contributed by atoms with E-state index >= 15 is 0 Å². The molecule has 1 fully saturated rings. The predicted molar refractivity (Wildman–Crippen MR) is 76.8 cm³/mol. The van der Waals surface area contributed by atoms with Gasteiger partial charge in [0.1, 0.15) is 6.17 Å². The molecule has 7 heteroatoms. The molecule has 0 bridgehead atoms. The molecule has 1 aromatic rings. The maximum Gasteiger partial charge on any atom is 0.317 e. The molecule has 1 aromatic carbocycles. The Morgan fingerprint density at radius 2 is 2.23 bits per heavy atom. The van der Waals surface area contributed by atoms with E-state index in [9.17, 15) is 14.3 Å². The Morgan fingerprint density at radius 3 is 3.05 bits per heavy atom. The number of carbonyl (C=O) groups is 1. The first-order valence-electron chi connectivity index (χ1n) is 7.35. The van der Waals surface area contributed by atoms with E-state index in [0.717, 1.165) is 11.3 Å². The molecule has 2 aliphatic heterocycles. The zero-order valence-electron chi connectivity index (χ0n) is 12.1. The molecule has 0 spiro atoms. The first-order valence-corrected chi connectivity index (χ1v) is 7.35. The number of fused-ring (bicyclic) bond motifs is 1. The van der Waals surface area contributed by atoms with Gasteiger partial charge >= 0.3 is 6.03 Å². The zero-order valence-corrected chi connectivity index (χ0v) is 12.1. The van der Waals surface area contributed by atoms with Gasteiger partial charge in [-0.25, -0.2) is 9.18 Å². The second kappa shape index (κ2) is 6.39. The van der Waals surface area contributed by atoms with E-state index in [0.29, 0.717) is 18.7 Å². The fourth-order valence-electron chi connectivity index (χ4n) is 2.79. The van der Waals surface area contributed by atoms with Gasteiger partial charge in [-0.2, -0.15) is 0 Å². The van der Waals surface area contributed by atoms with Crippen molar-refractivity contribution in [1.82, 2.24) is 10.2 Å². The number of hydrogen-bond acceptors (Lipinski definition) is 4. The Hall–Kier alpha value is -2.02. The van der Waals surface area contributed by atoms with Crippen LogP contribution in [-0.2, 0) is 6.42 Å². The van der Waals surface area contributed by atoms with Gasteiger partial charge in [-0.05, 0) is 24.1 Å². The highest BCUT2D eigenvalue weighted by Gasteiger charge is 2.34. The molecule has 2 N–H and O–H groups in total. The lowest BCUT2D eigenvalue weighted by Gasteiger charge is -2.22. The molecule has 2 atom stereocenters. The highest BCUT2D eigenvalue weighted by Crippen LogP contribution is 2.32. The number of alkyl halides is 1. The van der Waals surface area contributed by atoms with Crippen molar-refractivity contribution in [2.24, 2.45) is 0 Å². The van der Waals surface area contributed by atoms with Crippen molar-refractivity contribution in [3.63, 3.8) is 0 Å². The molecule has 2 heterocycles. The van der Waals surface area contributed by atoms with Crippen LogP contribution in [0.15, 0.2) is 18.2 Å². The summed E-state index contributed by atoms with van der Waals surface area (Å²) in [5.41, 5.74) is 1.02. The monoisotopic (exact) mass is 310 g/mol. The summed E-state index contributed by atoms with van der Waals surface area (Å²) in [6.45, 7) is 0.499. The van der Waals surface area contributed by atoms with Crippen LogP contribution in [0, 0.1) is 0 Å². The number of urea groups is 1. The van der Waals surface area contributed by atoms with E-state index in [1.54, 1.807) is 0 Å². The Morgan fingerprint density at radius 1 is 1.41 bits per heavy atom. The lowest BCUT2D eigenvalue weighted by atomic mass is 10.1. The van der Waals surface area contributed by atoms with Crippen LogP contribution in [0.2, 0.25) is 0 Å². The van der Waals surface area contributed by atoms with Crippen LogP contribution in [-0.4, -0.2) is 54.7 Å². The first kappa shape index (κ1) is 14.9. The Balaban J connectivity index is 1.49. The third-order valence-electron chi connectivity index (χ3n) is 3.96. The number of nitrogens with zero attached hydrogens (tertiary/aromatic N) is 1. The van der Waals surface area contributed by atoms with E-state index in [1.165, 1.54) is 4.90 Å². The van der Waals surface area contributed by atoms with E-state index in [-0.39, 0.29) is 32.4 Å². The topological polar surface area (TPSA) is 71.0 Å². The van der Waals surface area contributed by atoms with Gasteiger partial charge in [0, 0.05) is 13.0 Å². The Labute approximate surface area is 127 Å². The number of ether oxygens (including phenoxy) is 2. The predicted octanol–water partition coefficient (Wildman–Crippen LogP) is 1.07. The van der Waals surface area contributed by atoms with Crippen molar-refractivity contribution >= 4 is 6.03 Å². The van der Waals surface area contributed by atoms with Crippen molar-refractivity contribution in [3.8, 4) is 11.5 Å². The Bertz CT molecular complexity index is 554. The van der Waals surface area contributed by atoms with E-state index in [4.69, 9.17) is 9.47 Å². The molecule has 0 saturated carbocycles. The number of nitrogens with one attached hydrogen (secondary N) is 1. The molecule has 0 aromatic heterocycles. The van der Waals surface area contributed by atoms with Crippen molar-refractivity contribution in [3.05, 3.63) is 23.8 Å². The molecule has 0 radical (unpaired) electrons. The molecular weight excluding hydrogens is 291 g/mol. The van der Waals surface area contributed by atoms with E-state index in [2.05, 4.69) is 5.32 Å². The molecule has 2 amide bonds. The molecule has 3 rings (SSSR count). The van der Waals surface area contributed by atoms with Crippen LogP contribution in [0.5, 0.6) is 11.5 Å². The van der Waals surface area contributed by atoms with E-state index in [1.807, 2.05) is 18.2 Å². The number of likely N-dealkylation sites (tertiary alicyclic amines) is 1. The summed E-state index contributed by atoms with van der Waals surface area (Å²) in [6.07, 6.45) is -0.220. The second-order valence-electron chi connectivity index (χ2n) is 5.49. The van der Waals surface area contributed by atoms with Crippen LogP contribution in [0.3, 0.4) is 0 Å². The summed E-state index contributed by atoms with van der Waals surface area (Å²) in [5, 5.41) is 11.9. The molecule has 1 saturated heterocycles. The number of aliphatic hydroxyl groups is 1. The summed E-state index contributed by atoms with van der Waals surface area (Å²) >= 11 is 0. The van der Waals surface area contributed by atoms with Crippen LogP contribution >= 0.6 is 0 Å². The minimum absolute atomic E-state index is 0.0427. The summed E-state index contributed by atoms with van der Waals surface area (Å²) in [6, 6.07) is 4.89. The van der Waals surface area contributed by atoms with Crippen molar-refractivity contribution in [2.75, 3.05) is 26.5 Å². The largest absolute Gasteiger partial charge is 0.454 e.